The normalized spacial score (nSPS) is 14.8. The van der Waals surface area contributed by atoms with Gasteiger partial charge in [0.15, 0.2) is 11.5 Å². The van der Waals surface area contributed by atoms with E-state index in [9.17, 15) is 5.11 Å². The van der Waals surface area contributed by atoms with Crippen molar-refractivity contribution >= 4 is 11.8 Å². The average Bonchev–Trinajstić information content (AvgIpc) is 2.54. The van der Waals surface area contributed by atoms with Crippen molar-refractivity contribution < 1.29 is 14.6 Å². The van der Waals surface area contributed by atoms with Gasteiger partial charge in [-0.2, -0.15) is 0 Å². The first-order chi connectivity index (χ1) is 10.3. The minimum atomic E-state index is -0.425. The number of benzene rings is 2. The van der Waals surface area contributed by atoms with E-state index in [0.29, 0.717) is 19.6 Å². The van der Waals surface area contributed by atoms with Crippen LogP contribution in [0.2, 0.25) is 0 Å². The van der Waals surface area contributed by atoms with Crippen LogP contribution in [0.3, 0.4) is 0 Å². The van der Waals surface area contributed by atoms with Crippen molar-refractivity contribution in [3.63, 3.8) is 0 Å². The molecule has 1 N–H and O–H groups in total. The van der Waals surface area contributed by atoms with Crippen molar-refractivity contribution in [3.8, 4) is 11.5 Å². The van der Waals surface area contributed by atoms with E-state index < -0.39 is 6.10 Å². The number of rotatable bonds is 4. The Hall–Kier alpha value is -1.65. The number of ether oxygens (including phenoxy) is 2. The Kier molecular flexibility index (Phi) is 4.36. The summed E-state index contributed by atoms with van der Waals surface area (Å²) in [5.74, 6) is 1.59. The molecule has 2 aromatic carbocycles. The lowest BCUT2D eigenvalue weighted by Crippen LogP contribution is -2.15. The van der Waals surface area contributed by atoms with Crippen LogP contribution in [0, 0.1) is 0 Å². The molecule has 3 rings (SSSR count). The van der Waals surface area contributed by atoms with Gasteiger partial charge >= 0.3 is 0 Å². The van der Waals surface area contributed by atoms with Crippen LogP contribution in [0.5, 0.6) is 11.5 Å². The molecule has 1 atom stereocenters. The highest BCUT2D eigenvalue weighted by Crippen LogP contribution is 2.39. The van der Waals surface area contributed by atoms with Gasteiger partial charge in [-0.05, 0) is 36.2 Å². The number of aliphatic hydroxyl groups excluding tert-OH is 1. The lowest BCUT2D eigenvalue weighted by atomic mass is 10.1. The summed E-state index contributed by atoms with van der Waals surface area (Å²) in [7, 11) is 0. The standard InChI is InChI=1S/C17H18O3S/c1-2-14(18)13-5-3-4-6-17(13)21-12-7-8-15-16(11-12)20-10-9-19-15/h3-8,11,14,18H,2,9-10H2,1H3. The van der Waals surface area contributed by atoms with Crippen LogP contribution < -0.4 is 9.47 Å². The second-order valence-corrected chi connectivity index (χ2v) is 5.98. The van der Waals surface area contributed by atoms with Crippen molar-refractivity contribution in [3.05, 3.63) is 48.0 Å². The smallest absolute Gasteiger partial charge is 0.162 e. The van der Waals surface area contributed by atoms with Crippen LogP contribution in [0.25, 0.3) is 0 Å². The maximum Gasteiger partial charge on any atom is 0.162 e. The minimum Gasteiger partial charge on any atom is -0.486 e. The molecular formula is C17H18O3S. The summed E-state index contributed by atoms with van der Waals surface area (Å²) in [6, 6.07) is 13.9. The monoisotopic (exact) mass is 302 g/mol. The van der Waals surface area contributed by atoms with Gasteiger partial charge in [-0.15, -0.1) is 0 Å². The third-order valence-corrected chi connectivity index (χ3v) is 4.49. The molecule has 1 aliphatic heterocycles. The van der Waals surface area contributed by atoms with Gasteiger partial charge < -0.3 is 14.6 Å². The maximum atomic E-state index is 10.1. The van der Waals surface area contributed by atoms with E-state index in [1.54, 1.807) is 11.8 Å². The van der Waals surface area contributed by atoms with E-state index in [-0.39, 0.29) is 0 Å². The molecule has 2 aromatic rings. The van der Waals surface area contributed by atoms with E-state index in [1.807, 2.05) is 49.4 Å². The van der Waals surface area contributed by atoms with E-state index in [4.69, 9.17) is 9.47 Å². The summed E-state index contributed by atoms with van der Waals surface area (Å²) in [4.78, 5) is 2.15. The Morgan fingerprint density at radius 2 is 1.86 bits per heavy atom. The molecule has 0 amide bonds. The fraction of sp³-hybridized carbons (Fsp3) is 0.294. The Morgan fingerprint density at radius 3 is 2.67 bits per heavy atom. The molecular weight excluding hydrogens is 284 g/mol. The molecule has 1 heterocycles. The first-order valence-electron chi connectivity index (χ1n) is 7.12. The Bertz CT molecular complexity index is 627. The SMILES string of the molecule is CCC(O)c1ccccc1Sc1ccc2c(c1)OCCO2. The largest absolute Gasteiger partial charge is 0.486 e. The van der Waals surface area contributed by atoms with Crippen LogP contribution in [-0.2, 0) is 0 Å². The van der Waals surface area contributed by atoms with E-state index in [0.717, 1.165) is 26.9 Å². The summed E-state index contributed by atoms with van der Waals surface area (Å²) in [6.45, 7) is 3.17. The van der Waals surface area contributed by atoms with Crippen LogP contribution in [0.15, 0.2) is 52.3 Å². The van der Waals surface area contributed by atoms with Gasteiger partial charge in [0, 0.05) is 9.79 Å². The molecule has 21 heavy (non-hydrogen) atoms. The predicted molar refractivity (Wildman–Crippen MR) is 83.2 cm³/mol. The molecule has 0 saturated carbocycles. The summed E-state index contributed by atoms with van der Waals surface area (Å²) in [5, 5.41) is 10.1. The molecule has 0 bridgehead atoms. The van der Waals surface area contributed by atoms with Crippen LogP contribution in [0.1, 0.15) is 25.0 Å². The molecule has 110 valence electrons. The highest BCUT2D eigenvalue weighted by Gasteiger charge is 2.14. The molecule has 0 fully saturated rings. The zero-order valence-electron chi connectivity index (χ0n) is 11.9. The van der Waals surface area contributed by atoms with Gasteiger partial charge in [-0.25, -0.2) is 0 Å². The fourth-order valence-electron chi connectivity index (χ4n) is 2.28. The third-order valence-electron chi connectivity index (χ3n) is 3.41. The fourth-order valence-corrected chi connectivity index (χ4v) is 3.31. The first-order valence-corrected chi connectivity index (χ1v) is 7.94. The quantitative estimate of drug-likeness (QED) is 0.924. The lowest BCUT2D eigenvalue weighted by molar-refractivity contribution is 0.170. The molecule has 0 spiro atoms. The predicted octanol–water partition coefficient (Wildman–Crippen LogP) is 4.05. The number of aliphatic hydroxyl groups is 1. The van der Waals surface area contributed by atoms with Gasteiger partial charge in [-0.3, -0.25) is 0 Å². The van der Waals surface area contributed by atoms with Gasteiger partial charge in [0.25, 0.3) is 0 Å². The third kappa shape index (κ3) is 3.17. The zero-order valence-corrected chi connectivity index (χ0v) is 12.7. The van der Waals surface area contributed by atoms with Crippen molar-refractivity contribution in [2.75, 3.05) is 13.2 Å². The average molecular weight is 302 g/mol. The van der Waals surface area contributed by atoms with Crippen molar-refractivity contribution in [1.29, 1.82) is 0 Å². The minimum absolute atomic E-state index is 0.425. The maximum absolute atomic E-state index is 10.1. The summed E-state index contributed by atoms with van der Waals surface area (Å²) in [6.07, 6.45) is 0.282. The van der Waals surface area contributed by atoms with Crippen LogP contribution >= 0.6 is 11.8 Å². The van der Waals surface area contributed by atoms with Gasteiger partial charge in [0.2, 0.25) is 0 Å². The molecule has 1 unspecified atom stereocenters. The summed E-state index contributed by atoms with van der Waals surface area (Å²) >= 11 is 1.64. The van der Waals surface area contributed by atoms with E-state index in [1.165, 1.54) is 0 Å². The lowest BCUT2D eigenvalue weighted by Gasteiger charge is -2.19. The van der Waals surface area contributed by atoms with E-state index >= 15 is 0 Å². The number of fused-ring (bicyclic) bond motifs is 1. The molecule has 0 aliphatic carbocycles. The van der Waals surface area contributed by atoms with Crippen molar-refractivity contribution in [2.45, 2.75) is 29.2 Å². The number of hydrogen-bond donors (Lipinski definition) is 1. The molecule has 0 radical (unpaired) electrons. The highest BCUT2D eigenvalue weighted by atomic mass is 32.2. The van der Waals surface area contributed by atoms with Gasteiger partial charge in [0.1, 0.15) is 13.2 Å². The number of hydrogen-bond acceptors (Lipinski definition) is 4. The summed E-state index contributed by atoms with van der Waals surface area (Å²) < 4.78 is 11.1. The highest BCUT2D eigenvalue weighted by molar-refractivity contribution is 7.99. The van der Waals surface area contributed by atoms with Crippen LogP contribution in [-0.4, -0.2) is 18.3 Å². The topological polar surface area (TPSA) is 38.7 Å². The Balaban J connectivity index is 1.87. The molecule has 0 aromatic heterocycles. The van der Waals surface area contributed by atoms with Gasteiger partial charge in [0.05, 0.1) is 6.10 Å². The second kappa shape index (κ2) is 6.41. The van der Waals surface area contributed by atoms with Crippen LogP contribution in [0.4, 0.5) is 0 Å². The van der Waals surface area contributed by atoms with E-state index in [2.05, 4.69) is 0 Å². The molecule has 4 heteroatoms. The van der Waals surface area contributed by atoms with Gasteiger partial charge in [-0.1, -0.05) is 36.9 Å². The summed E-state index contributed by atoms with van der Waals surface area (Å²) in [5.41, 5.74) is 0.972. The van der Waals surface area contributed by atoms with Crippen molar-refractivity contribution in [2.24, 2.45) is 0 Å². The molecule has 1 aliphatic rings. The Labute approximate surface area is 128 Å². The van der Waals surface area contributed by atoms with Crippen molar-refractivity contribution in [1.82, 2.24) is 0 Å². The molecule has 3 nitrogen and oxygen atoms in total. The first kappa shape index (κ1) is 14.3. The Morgan fingerprint density at radius 1 is 1.10 bits per heavy atom. The molecule has 0 saturated heterocycles. The second-order valence-electron chi connectivity index (χ2n) is 4.87. The zero-order chi connectivity index (χ0) is 14.7.